The van der Waals surface area contributed by atoms with E-state index in [1.807, 2.05) is 60.7 Å². The standard InChI is InChI=1S/C18H22O3/c1-18(2,19)17(20-13-15-9-5-3-6-10-15)21-14-16-11-7-4-8-12-16/h3-12,17,19H,13-14H2,1-2H3. The lowest BCUT2D eigenvalue weighted by Crippen LogP contribution is -2.40. The van der Waals surface area contributed by atoms with Gasteiger partial charge in [-0.15, -0.1) is 0 Å². The van der Waals surface area contributed by atoms with E-state index in [-0.39, 0.29) is 0 Å². The monoisotopic (exact) mass is 286 g/mol. The number of ether oxygens (including phenoxy) is 2. The average Bonchev–Trinajstić information content (AvgIpc) is 2.48. The third-order valence-corrected chi connectivity index (χ3v) is 3.07. The van der Waals surface area contributed by atoms with Crippen LogP contribution >= 0.6 is 0 Å². The molecular weight excluding hydrogens is 264 g/mol. The van der Waals surface area contributed by atoms with E-state index in [0.717, 1.165) is 11.1 Å². The predicted molar refractivity (Wildman–Crippen MR) is 82.5 cm³/mol. The van der Waals surface area contributed by atoms with Gasteiger partial charge in [0.05, 0.1) is 13.2 Å². The van der Waals surface area contributed by atoms with E-state index in [2.05, 4.69) is 0 Å². The minimum atomic E-state index is -1.07. The number of aliphatic hydroxyl groups is 1. The van der Waals surface area contributed by atoms with Gasteiger partial charge in [0, 0.05) is 0 Å². The van der Waals surface area contributed by atoms with Crippen molar-refractivity contribution in [1.29, 1.82) is 0 Å². The van der Waals surface area contributed by atoms with Crippen molar-refractivity contribution in [2.75, 3.05) is 0 Å². The van der Waals surface area contributed by atoms with Gasteiger partial charge in [0.1, 0.15) is 5.60 Å². The van der Waals surface area contributed by atoms with Gasteiger partial charge in [0.25, 0.3) is 0 Å². The van der Waals surface area contributed by atoms with Gasteiger partial charge in [0.15, 0.2) is 6.29 Å². The van der Waals surface area contributed by atoms with E-state index >= 15 is 0 Å². The van der Waals surface area contributed by atoms with Crippen molar-refractivity contribution in [2.45, 2.75) is 39.0 Å². The molecule has 1 N–H and O–H groups in total. The summed E-state index contributed by atoms with van der Waals surface area (Å²) in [6.45, 7) is 4.19. The molecule has 0 spiro atoms. The maximum Gasteiger partial charge on any atom is 0.186 e. The molecule has 3 heteroatoms. The van der Waals surface area contributed by atoms with Gasteiger partial charge < -0.3 is 14.6 Å². The summed E-state index contributed by atoms with van der Waals surface area (Å²) < 4.78 is 11.5. The fourth-order valence-electron chi connectivity index (χ4n) is 1.95. The molecule has 2 aromatic carbocycles. The number of rotatable bonds is 7. The van der Waals surface area contributed by atoms with Gasteiger partial charge in [0.2, 0.25) is 0 Å². The van der Waals surface area contributed by atoms with Crippen molar-refractivity contribution in [2.24, 2.45) is 0 Å². The van der Waals surface area contributed by atoms with Gasteiger partial charge >= 0.3 is 0 Å². The Morgan fingerprint density at radius 2 is 1.19 bits per heavy atom. The summed E-state index contributed by atoms with van der Waals surface area (Å²) in [6.07, 6.45) is -0.682. The van der Waals surface area contributed by atoms with E-state index < -0.39 is 11.9 Å². The molecule has 0 bridgehead atoms. The molecule has 0 saturated heterocycles. The summed E-state index contributed by atoms with van der Waals surface area (Å²) in [7, 11) is 0. The Morgan fingerprint density at radius 3 is 1.52 bits per heavy atom. The normalized spacial score (nSPS) is 11.8. The lowest BCUT2D eigenvalue weighted by atomic mass is 10.1. The van der Waals surface area contributed by atoms with E-state index in [1.165, 1.54) is 0 Å². The number of hydrogen-bond acceptors (Lipinski definition) is 3. The molecular formula is C18H22O3. The molecule has 112 valence electrons. The molecule has 0 fully saturated rings. The lowest BCUT2D eigenvalue weighted by molar-refractivity contribution is -0.236. The molecule has 0 atom stereocenters. The van der Waals surface area contributed by atoms with Gasteiger partial charge in [-0.05, 0) is 25.0 Å². The highest BCUT2D eigenvalue weighted by molar-refractivity contribution is 5.14. The lowest BCUT2D eigenvalue weighted by Gasteiger charge is -2.29. The first kappa shape index (κ1) is 15.7. The first-order valence-electron chi connectivity index (χ1n) is 7.09. The van der Waals surface area contributed by atoms with Crippen molar-refractivity contribution in [3.63, 3.8) is 0 Å². The van der Waals surface area contributed by atoms with Crippen LogP contribution in [0.3, 0.4) is 0 Å². The Kier molecular flexibility index (Phi) is 5.51. The molecule has 0 unspecified atom stereocenters. The van der Waals surface area contributed by atoms with Crippen LogP contribution in [0, 0.1) is 0 Å². The van der Waals surface area contributed by atoms with Crippen LogP contribution in [0.5, 0.6) is 0 Å². The van der Waals surface area contributed by atoms with Gasteiger partial charge in [-0.1, -0.05) is 60.7 Å². The van der Waals surface area contributed by atoms with Crippen LogP contribution in [0.4, 0.5) is 0 Å². The zero-order valence-corrected chi connectivity index (χ0v) is 12.5. The maximum absolute atomic E-state index is 10.2. The van der Waals surface area contributed by atoms with Crippen LogP contribution in [0.2, 0.25) is 0 Å². The second-order valence-electron chi connectivity index (χ2n) is 5.58. The SMILES string of the molecule is CC(C)(O)C(OCc1ccccc1)OCc1ccccc1. The van der Waals surface area contributed by atoms with Gasteiger partial charge in [-0.2, -0.15) is 0 Å². The molecule has 3 nitrogen and oxygen atoms in total. The van der Waals surface area contributed by atoms with E-state index in [0.29, 0.717) is 13.2 Å². The summed E-state index contributed by atoms with van der Waals surface area (Å²) >= 11 is 0. The quantitative estimate of drug-likeness (QED) is 0.792. The van der Waals surface area contributed by atoms with Crippen molar-refractivity contribution < 1.29 is 14.6 Å². The van der Waals surface area contributed by atoms with Crippen molar-refractivity contribution in [3.8, 4) is 0 Å². The molecule has 0 heterocycles. The fraction of sp³-hybridized carbons (Fsp3) is 0.333. The summed E-state index contributed by atoms with van der Waals surface area (Å²) in [4.78, 5) is 0. The van der Waals surface area contributed by atoms with E-state index in [4.69, 9.17) is 9.47 Å². The predicted octanol–water partition coefficient (Wildman–Crippen LogP) is 3.52. The van der Waals surface area contributed by atoms with Crippen molar-refractivity contribution in [1.82, 2.24) is 0 Å². The Bertz CT molecular complexity index is 474. The molecule has 0 aliphatic heterocycles. The summed E-state index contributed by atoms with van der Waals surface area (Å²) in [6, 6.07) is 19.7. The van der Waals surface area contributed by atoms with Crippen molar-refractivity contribution >= 4 is 0 Å². The Balaban J connectivity index is 1.92. The number of hydrogen-bond donors (Lipinski definition) is 1. The number of benzene rings is 2. The summed E-state index contributed by atoms with van der Waals surface area (Å²) in [5.41, 5.74) is 1.04. The molecule has 0 aromatic heterocycles. The smallest absolute Gasteiger partial charge is 0.186 e. The molecule has 2 rings (SSSR count). The molecule has 0 aliphatic carbocycles. The minimum absolute atomic E-state index is 0.407. The first-order chi connectivity index (χ1) is 10.1. The highest BCUT2D eigenvalue weighted by atomic mass is 16.7. The van der Waals surface area contributed by atoms with Gasteiger partial charge in [-0.3, -0.25) is 0 Å². The maximum atomic E-state index is 10.2. The third kappa shape index (κ3) is 5.31. The molecule has 0 amide bonds. The van der Waals surface area contributed by atoms with E-state index in [1.54, 1.807) is 13.8 Å². The Hall–Kier alpha value is -1.68. The van der Waals surface area contributed by atoms with Crippen molar-refractivity contribution in [3.05, 3.63) is 71.8 Å². The minimum Gasteiger partial charge on any atom is -0.385 e. The third-order valence-electron chi connectivity index (χ3n) is 3.07. The molecule has 21 heavy (non-hydrogen) atoms. The van der Waals surface area contributed by atoms with Crippen LogP contribution in [0.15, 0.2) is 60.7 Å². The summed E-state index contributed by atoms with van der Waals surface area (Å²) in [5, 5.41) is 10.2. The first-order valence-corrected chi connectivity index (χ1v) is 7.09. The molecule has 0 aliphatic rings. The summed E-state index contributed by atoms with van der Waals surface area (Å²) in [5.74, 6) is 0. The second kappa shape index (κ2) is 7.36. The molecule has 0 radical (unpaired) electrons. The van der Waals surface area contributed by atoms with E-state index in [9.17, 15) is 5.11 Å². The van der Waals surface area contributed by atoms with Crippen LogP contribution in [0.1, 0.15) is 25.0 Å². The second-order valence-corrected chi connectivity index (χ2v) is 5.58. The zero-order valence-electron chi connectivity index (χ0n) is 12.5. The zero-order chi connectivity index (χ0) is 15.1. The fourth-order valence-corrected chi connectivity index (χ4v) is 1.95. The largest absolute Gasteiger partial charge is 0.385 e. The highest BCUT2D eigenvalue weighted by Gasteiger charge is 2.28. The Labute approximate surface area is 126 Å². The average molecular weight is 286 g/mol. The van der Waals surface area contributed by atoms with Crippen LogP contribution < -0.4 is 0 Å². The Morgan fingerprint density at radius 1 is 0.810 bits per heavy atom. The van der Waals surface area contributed by atoms with Gasteiger partial charge in [-0.25, -0.2) is 0 Å². The van der Waals surface area contributed by atoms with Crippen LogP contribution in [-0.2, 0) is 22.7 Å². The van der Waals surface area contributed by atoms with Crippen LogP contribution in [0.25, 0.3) is 0 Å². The topological polar surface area (TPSA) is 38.7 Å². The van der Waals surface area contributed by atoms with Crippen LogP contribution in [-0.4, -0.2) is 17.0 Å². The molecule has 2 aromatic rings. The molecule has 0 saturated carbocycles. The highest BCUT2D eigenvalue weighted by Crippen LogP contribution is 2.18.